The molecule has 0 unspecified atom stereocenters. The van der Waals surface area contributed by atoms with Gasteiger partial charge in [0.15, 0.2) is 5.11 Å². The van der Waals surface area contributed by atoms with Crippen LogP contribution in [0.4, 0.5) is 5.69 Å². The molecule has 1 heterocycles. The zero-order chi connectivity index (χ0) is 18.1. The van der Waals surface area contributed by atoms with Gasteiger partial charge in [0.1, 0.15) is 11.3 Å². The molecule has 0 radical (unpaired) electrons. The first kappa shape index (κ1) is 17.1. The number of phenols is 1. The van der Waals surface area contributed by atoms with Gasteiger partial charge >= 0.3 is 0 Å². The highest BCUT2D eigenvalue weighted by atomic mass is 35.5. The molecule has 0 bridgehead atoms. The van der Waals surface area contributed by atoms with Crippen LogP contribution in [0.1, 0.15) is 11.1 Å². The summed E-state index contributed by atoms with van der Waals surface area (Å²) in [4.78, 5) is 26.4. The van der Waals surface area contributed by atoms with Gasteiger partial charge in [-0.1, -0.05) is 29.8 Å². The molecule has 126 valence electrons. The Morgan fingerprint density at radius 3 is 2.52 bits per heavy atom. The second-order valence-electron chi connectivity index (χ2n) is 5.43. The molecule has 1 fully saturated rings. The number of nitrogens with zero attached hydrogens (tertiary/aromatic N) is 1. The molecule has 0 aromatic heterocycles. The summed E-state index contributed by atoms with van der Waals surface area (Å²) in [7, 11) is 0. The number of benzene rings is 2. The molecule has 2 aromatic carbocycles. The van der Waals surface area contributed by atoms with Gasteiger partial charge in [-0.25, -0.2) is 0 Å². The minimum absolute atomic E-state index is 0.00298. The Morgan fingerprint density at radius 1 is 1.16 bits per heavy atom. The van der Waals surface area contributed by atoms with Crippen molar-refractivity contribution in [3.05, 3.63) is 64.2 Å². The summed E-state index contributed by atoms with van der Waals surface area (Å²) in [5.74, 6) is -1.01. The van der Waals surface area contributed by atoms with Gasteiger partial charge in [-0.2, -0.15) is 0 Å². The molecule has 2 N–H and O–H groups in total. The van der Waals surface area contributed by atoms with Crippen LogP contribution in [-0.2, 0) is 9.59 Å². The Labute approximate surface area is 154 Å². The van der Waals surface area contributed by atoms with E-state index in [0.717, 1.165) is 0 Å². The maximum Gasteiger partial charge on any atom is 0.270 e. The van der Waals surface area contributed by atoms with Crippen LogP contribution >= 0.6 is 23.8 Å². The smallest absolute Gasteiger partial charge is 0.270 e. The number of phenolic OH excluding ortho intramolecular Hbond substituents is 1. The van der Waals surface area contributed by atoms with Crippen molar-refractivity contribution in [3.63, 3.8) is 0 Å². The van der Waals surface area contributed by atoms with E-state index in [0.29, 0.717) is 21.8 Å². The third kappa shape index (κ3) is 3.26. The number of hydrogen-bond donors (Lipinski definition) is 2. The van der Waals surface area contributed by atoms with E-state index in [1.54, 1.807) is 37.3 Å². The van der Waals surface area contributed by atoms with E-state index in [4.69, 9.17) is 23.8 Å². The summed E-state index contributed by atoms with van der Waals surface area (Å²) in [6.07, 6.45) is 1.45. The molecule has 2 amide bonds. The van der Waals surface area contributed by atoms with Gasteiger partial charge < -0.3 is 5.11 Å². The summed E-state index contributed by atoms with van der Waals surface area (Å²) in [5, 5.41) is 12.4. The van der Waals surface area contributed by atoms with Gasteiger partial charge in [-0.15, -0.1) is 0 Å². The van der Waals surface area contributed by atoms with Gasteiger partial charge in [-0.05, 0) is 60.6 Å². The van der Waals surface area contributed by atoms with Crippen molar-refractivity contribution in [2.45, 2.75) is 6.92 Å². The molecule has 0 aliphatic carbocycles. The standard InChI is InChI=1S/C18H13ClN2O3S/c1-10-14(19)3-2-4-15(10)21-17(24)13(16(23)20-18(21)25)9-11-5-7-12(22)8-6-11/h2-9,22H,1H3,(H,20,23,25)/b13-9-. The van der Waals surface area contributed by atoms with Crippen molar-refractivity contribution in [1.29, 1.82) is 0 Å². The summed E-state index contributed by atoms with van der Waals surface area (Å²) in [5.41, 5.74) is 1.74. The van der Waals surface area contributed by atoms with Crippen LogP contribution in [-0.4, -0.2) is 22.0 Å². The Morgan fingerprint density at radius 2 is 1.84 bits per heavy atom. The number of anilines is 1. The van der Waals surface area contributed by atoms with Gasteiger partial charge in [0.05, 0.1) is 5.69 Å². The fourth-order valence-electron chi connectivity index (χ4n) is 2.45. The molecule has 0 atom stereocenters. The number of halogens is 1. The molecule has 0 spiro atoms. The monoisotopic (exact) mass is 372 g/mol. The van der Waals surface area contributed by atoms with E-state index >= 15 is 0 Å². The second kappa shape index (κ2) is 6.66. The number of aromatic hydroxyl groups is 1. The van der Waals surface area contributed by atoms with Crippen molar-refractivity contribution >= 4 is 52.5 Å². The topological polar surface area (TPSA) is 69.6 Å². The van der Waals surface area contributed by atoms with Crippen LogP contribution in [0.15, 0.2) is 48.0 Å². The van der Waals surface area contributed by atoms with Crippen LogP contribution in [0.5, 0.6) is 5.75 Å². The fourth-order valence-corrected chi connectivity index (χ4v) is 2.90. The number of rotatable bonds is 2. The minimum Gasteiger partial charge on any atom is -0.508 e. The number of carbonyl (C=O) groups is 2. The van der Waals surface area contributed by atoms with Crippen LogP contribution in [0, 0.1) is 6.92 Å². The normalized spacial score (nSPS) is 16.3. The molecule has 7 heteroatoms. The predicted molar refractivity (Wildman–Crippen MR) is 100 cm³/mol. The lowest BCUT2D eigenvalue weighted by atomic mass is 10.1. The number of carbonyl (C=O) groups excluding carboxylic acids is 2. The van der Waals surface area contributed by atoms with Gasteiger partial charge in [-0.3, -0.25) is 19.8 Å². The summed E-state index contributed by atoms with van der Waals surface area (Å²) >= 11 is 11.3. The molecule has 1 saturated heterocycles. The lowest BCUT2D eigenvalue weighted by Crippen LogP contribution is -2.54. The zero-order valence-corrected chi connectivity index (χ0v) is 14.7. The van der Waals surface area contributed by atoms with Crippen LogP contribution in [0.25, 0.3) is 6.08 Å². The Hall–Kier alpha value is -2.70. The first-order valence-electron chi connectivity index (χ1n) is 7.34. The van der Waals surface area contributed by atoms with E-state index in [-0.39, 0.29) is 16.4 Å². The highest BCUT2D eigenvalue weighted by Gasteiger charge is 2.35. The molecule has 5 nitrogen and oxygen atoms in total. The summed E-state index contributed by atoms with van der Waals surface area (Å²) in [6, 6.07) is 11.3. The first-order valence-corrected chi connectivity index (χ1v) is 8.12. The predicted octanol–water partition coefficient (Wildman–Crippen LogP) is 3.19. The average molecular weight is 373 g/mol. The fraction of sp³-hybridized carbons (Fsp3) is 0.0556. The average Bonchev–Trinajstić information content (AvgIpc) is 2.57. The highest BCUT2D eigenvalue weighted by Crippen LogP contribution is 2.29. The quantitative estimate of drug-likeness (QED) is 0.482. The zero-order valence-electron chi connectivity index (χ0n) is 13.1. The van der Waals surface area contributed by atoms with Gasteiger partial charge in [0, 0.05) is 5.02 Å². The maximum absolute atomic E-state index is 12.9. The molecule has 1 aliphatic rings. The van der Waals surface area contributed by atoms with Crippen molar-refractivity contribution in [1.82, 2.24) is 5.32 Å². The molecule has 3 rings (SSSR count). The lowest BCUT2D eigenvalue weighted by molar-refractivity contribution is -0.122. The third-order valence-corrected chi connectivity index (χ3v) is 4.48. The third-order valence-electron chi connectivity index (χ3n) is 3.79. The molecular weight excluding hydrogens is 360 g/mol. The lowest BCUT2D eigenvalue weighted by Gasteiger charge is -2.30. The Kier molecular flexibility index (Phi) is 4.57. The summed E-state index contributed by atoms with van der Waals surface area (Å²) < 4.78 is 0. The van der Waals surface area contributed by atoms with E-state index in [1.165, 1.54) is 23.1 Å². The van der Waals surface area contributed by atoms with Crippen molar-refractivity contribution in [3.8, 4) is 5.75 Å². The van der Waals surface area contributed by atoms with E-state index in [2.05, 4.69) is 5.32 Å². The maximum atomic E-state index is 12.9. The Bertz CT molecular complexity index is 922. The second-order valence-corrected chi connectivity index (χ2v) is 6.23. The highest BCUT2D eigenvalue weighted by molar-refractivity contribution is 7.80. The number of hydrogen-bond acceptors (Lipinski definition) is 4. The van der Waals surface area contributed by atoms with Crippen LogP contribution in [0.3, 0.4) is 0 Å². The minimum atomic E-state index is -0.570. The van der Waals surface area contributed by atoms with Crippen LogP contribution in [0.2, 0.25) is 5.02 Å². The number of amides is 2. The van der Waals surface area contributed by atoms with Crippen LogP contribution < -0.4 is 10.2 Å². The van der Waals surface area contributed by atoms with E-state index < -0.39 is 11.8 Å². The number of thiocarbonyl (C=S) groups is 1. The largest absolute Gasteiger partial charge is 0.508 e. The molecular formula is C18H13ClN2O3S. The van der Waals surface area contributed by atoms with E-state index in [1.807, 2.05) is 0 Å². The molecule has 25 heavy (non-hydrogen) atoms. The SMILES string of the molecule is Cc1c(Cl)cccc1N1C(=O)/C(=C\c2ccc(O)cc2)C(=O)NC1=S. The number of nitrogens with one attached hydrogen (secondary N) is 1. The van der Waals surface area contributed by atoms with Gasteiger partial charge in [0.2, 0.25) is 0 Å². The first-order chi connectivity index (χ1) is 11.9. The van der Waals surface area contributed by atoms with Crippen molar-refractivity contribution in [2.24, 2.45) is 0 Å². The van der Waals surface area contributed by atoms with Crippen molar-refractivity contribution < 1.29 is 14.7 Å². The molecule has 2 aromatic rings. The van der Waals surface area contributed by atoms with Gasteiger partial charge in [0.25, 0.3) is 11.8 Å². The molecule has 1 aliphatic heterocycles. The summed E-state index contributed by atoms with van der Waals surface area (Å²) in [6.45, 7) is 1.77. The molecule has 0 saturated carbocycles. The van der Waals surface area contributed by atoms with E-state index in [9.17, 15) is 14.7 Å². The van der Waals surface area contributed by atoms with Crippen molar-refractivity contribution in [2.75, 3.05) is 4.90 Å². The Balaban J connectivity index is 2.05.